The Hall–Kier alpha value is -1.88. The van der Waals surface area contributed by atoms with Gasteiger partial charge in [-0.05, 0) is 31.2 Å². The molecule has 2 rings (SSSR count). The van der Waals surface area contributed by atoms with Crippen LogP contribution in [0.5, 0.6) is 0 Å². The lowest BCUT2D eigenvalue weighted by atomic mass is 10.1. The molecule has 1 aromatic carbocycles. The third-order valence-corrected chi connectivity index (χ3v) is 2.38. The Morgan fingerprint density at radius 2 is 2.18 bits per heavy atom. The van der Waals surface area contributed by atoms with E-state index in [1.807, 2.05) is 0 Å². The van der Waals surface area contributed by atoms with Crippen LogP contribution in [0.15, 0.2) is 28.7 Å². The van der Waals surface area contributed by atoms with Crippen molar-refractivity contribution in [2.45, 2.75) is 19.6 Å². The predicted octanol–water partition coefficient (Wildman–Crippen LogP) is 1.87. The molecule has 1 atom stereocenters. The SMILES string of the molecule is CC(=O)NC(C)(O)c1cc2cc(F)ccc2o1. The second-order valence-electron chi connectivity index (χ2n) is 4.05. The Bertz CT molecular complexity index is 574. The highest BCUT2D eigenvalue weighted by Gasteiger charge is 2.28. The first-order chi connectivity index (χ1) is 7.88. The van der Waals surface area contributed by atoms with E-state index < -0.39 is 5.72 Å². The van der Waals surface area contributed by atoms with Gasteiger partial charge < -0.3 is 14.8 Å². The lowest BCUT2D eigenvalue weighted by molar-refractivity contribution is -0.127. The van der Waals surface area contributed by atoms with E-state index in [4.69, 9.17) is 4.42 Å². The number of furan rings is 1. The fourth-order valence-corrected chi connectivity index (χ4v) is 1.66. The minimum atomic E-state index is -1.61. The van der Waals surface area contributed by atoms with Crippen molar-refractivity contribution in [2.24, 2.45) is 0 Å². The molecule has 0 aliphatic carbocycles. The van der Waals surface area contributed by atoms with Crippen LogP contribution in [0, 0.1) is 5.82 Å². The van der Waals surface area contributed by atoms with E-state index in [9.17, 15) is 14.3 Å². The Morgan fingerprint density at radius 3 is 2.82 bits per heavy atom. The fraction of sp³-hybridized carbons (Fsp3) is 0.250. The second-order valence-corrected chi connectivity index (χ2v) is 4.05. The van der Waals surface area contributed by atoms with Crippen LogP contribution in [-0.2, 0) is 10.5 Å². The lowest BCUT2D eigenvalue weighted by Gasteiger charge is -2.20. The van der Waals surface area contributed by atoms with Crippen LogP contribution >= 0.6 is 0 Å². The van der Waals surface area contributed by atoms with Gasteiger partial charge in [-0.25, -0.2) is 4.39 Å². The molecule has 17 heavy (non-hydrogen) atoms. The summed E-state index contributed by atoms with van der Waals surface area (Å²) in [5, 5.41) is 12.9. The third kappa shape index (κ3) is 2.29. The molecular weight excluding hydrogens is 225 g/mol. The van der Waals surface area contributed by atoms with Crippen molar-refractivity contribution in [3.05, 3.63) is 35.8 Å². The third-order valence-electron chi connectivity index (χ3n) is 2.38. The molecule has 0 fully saturated rings. The van der Waals surface area contributed by atoms with Crippen LogP contribution in [0.4, 0.5) is 4.39 Å². The Labute approximate surface area is 97.0 Å². The minimum Gasteiger partial charge on any atom is -0.456 e. The van der Waals surface area contributed by atoms with Gasteiger partial charge in [-0.15, -0.1) is 0 Å². The van der Waals surface area contributed by atoms with E-state index in [0.717, 1.165) is 0 Å². The zero-order valence-corrected chi connectivity index (χ0v) is 9.45. The molecule has 90 valence electrons. The molecule has 0 saturated heterocycles. The first kappa shape index (κ1) is 11.6. The van der Waals surface area contributed by atoms with E-state index in [-0.39, 0.29) is 17.5 Å². The summed E-state index contributed by atoms with van der Waals surface area (Å²) in [6.07, 6.45) is 0. The fourth-order valence-electron chi connectivity index (χ4n) is 1.66. The number of hydrogen-bond donors (Lipinski definition) is 2. The number of carbonyl (C=O) groups excluding carboxylic acids is 1. The zero-order valence-electron chi connectivity index (χ0n) is 9.45. The number of rotatable bonds is 2. The summed E-state index contributed by atoms with van der Waals surface area (Å²) < 4.78 is 18.3. The lowest BCUT2D eigenvalue weighted by Crippen LogP contribution is -2.41. The van der Waals surface area contributed by atoms with Crippen molar-refractivity contribution in [2.75, 3.05) is 0 Å². The van der Waals surface area contributed by atoms with Crippen LogP contribution in [0.3, 0.4) is 0 Å². The summed E-state index contributed by atoms with van der Waals surface area (Å²) in [6, 6.07) is 5.53. The highest BCUT2D eigenvalue weighted by Crippen LogP contribution is 2.26. The van der Waals surface area contributed by atoms with Gasteiger partial charge in [-0.1, -0.05) is 0 Å². The van der Waals surface area contributed by atoms with E-state index in [0.29, 0.717) is 11.0 Å². The molecule has 0 aliphatic heterocycles. The van der Waals surface area contributed by atoms with Crippen LogP contribution in [-0.4, -0.2) is 11.0 Å². The topological polar surface area (TPSA) is 62.5 Å². The first-order valence-corrected chi connectivity index (χ1v) is 5.09. The molecule has 0 radical (unpaired) electrons. The average molecular weight is 237 g/mol. The van der Waals surface area contributed by atoms with Gasteiger partial charge in [0.15, 0.2) is 11.5 Å². The quantitative estimate of drug-likeness (QED) is 0.784. The van der Waals surface area contributed by atoms with Crippen molar-refractivity contribution in [3.63, 3.8) is 0 Å². The zero-order chi connectivity index (χ0) is 12.6. The molecular formula is C12H12FNO3. The smallest absolute Gasteiger partial charge is 0.219 e. The molecule has 1 unspecified atom stereocenters. The second kappa shape index (κ2) is 3.85. The van der Waals surface area contributed by atoms with Crippen molar-refractivity contribution in [3.8, 4) is 0 Å². The van der Waals surface area contributed by atoms with Crippen LogP contribution in [0.2, 0.25) is 0 Å². The van der Waals surface area contributed by atoms with E-state index in [2.05, 4.69) is 5.32 Å². The summed E-state index contributed by atoms with van der Waals surface area (Å²) in [6.45, 7) is 2.68. The summed E-state index contributed by atoms with van der Waals surface area (Å²) in [4.78, 5) is 10.9. The molecule has 0 saturated carbocycles. The monoisotopic (exact) mass is 237 g/mol. The van der Waals surface area contributed by atoms with E-state index in [1.54, 1.807) is 0 Å². The van der Waals surface area contributed by atoms with Crippen molar-refractivity contribution < 1.29 is 18.7 Å². The van der Waals surface area contributed by atoms with Crippen LogP contribution in [0.1, 0.15) is 19.6 Å². The molecule has 1 heterocycles. The van der Waals surface area contributed by atoms with Gasteiger partial charge in [-0.3, -0.25) is 4.79 Å². The summed E-state index contributed by atoms with van der Waals surface area (Å²) in [7, 11) is 0. The Balaban J connectivity index is 2.45. The minimum absolute atomic E-state index is 0.160. The molecule has 4 nitrogen and oxygen atoms in total. The van der Waals surface area contributed by atoms with E-state index in [1.165, 1.54) is 38.1 Å². The van der Waals surface area contributed by atoms with E-state index >= 15 is 0 Å². The molecule has 0 bridgehead atoms. The van der Waals surface area contributed by atoms with Crippen LogP contribution < -0.4 is 5.32 Å². The van der Waals surface area contributed by atoms with Crippen molar-refractivity contribution in [1.29, 1.82) is 0 Å². The number of aliphatic hydroxyl groups is 1. The number of carbonyl (C=O) groups is 1. The highest BCUT2D eigenvalue weighted by atomic mass is 19.1. The maximum Gasteiger partial charge on any atom is 0.219 e. The predicted molar refractivity (Wildman–Crippen MR) is 59.6 cm³/mol. The van der Waals surface area contributed by atoms with Gasteiger partial charge in [0.05, 0.1) is 0 Å². The maximum absolute atomic E-state index is 13.0. The summed E-state index contributed by atoms with van der Waals surface area (Å²) in [5.41, 5.74) is -1.16. The Kier molecular flexibility index (Phi) is 2.63. The normalized spacial score (nSPS) is 14.6. The molecule has 5 heteroatoms. The summed E-state index contributed by atoms with van der Waals surface area (Å²) >= 11 is 0. The first-order valence-electron chi connectivity index (χ1n) is 5.09. The largest absolute Gasteiger partial charge is 0.456 e. The van der Waals surface area contributed by atoms with Gasteiger partial charge in [0.1, 0.15) is 11.4 Å². The number of hydrogen-bond acceptors (Lipinski definition) is 3. The van der Waals surface area contributed by atoms with Crippen molar-refractivity contribution in [1.82, 2.24) is 5.32 Å². The van der Waals surface area contributed by atoms with Gasteiger partial charge in [0, 0.05) is 12.3 Å². The highest BCUT2D eigenvalue weighted by molar-refractivity contribution is 5.79. The standard InChI is InChI=1S/C12H12FNO3/c1-7(15)14-12(2,16)11-6-8-5-9(13)3-4-10(8)17-11/h3-6,16H,1-2H3,(H,14,15). The van der Waals surface area contributed by atoms with Gasteiger partial charge in [0.2, 0.25) is 5.91 Å². The number of amides is 1. The van der Waals surface area contributed by atoms with Gasteiger partial charge >= 0.3 is 0 Å². The number of nitrogens with one attached hydrogen (secondary N) is 1. The van der Waals surface area contributed by atoms with Gasteiger partial charge in [0.25, 0.3) is 0 Å². The van der Waals surface area contributed by atoms with Gasteiger partial charge in [-0.2, -0.15) is 0 Å². The molecule has 0 spiro atoms. The average Bonchev–Trinajstić information content (AvgIpc) is 2.58. The van der Waals surface area contributed by atoms with Crippen molar-refractivity contribution >= 4 is 16.9 Å². The number of halogens is 1. The molecule has 0 aliphatic rings. The summed E-state index contributed by atoms with van der Waals surface area (Å²) in [5.74, 6) is -0.612. The molecule has 1 aromatic heterocycles. The number of fused-ring (bicyclic) bond motifs is 1. The molecule has 2 N–H and O–H groups in total. The molecule has 2 aromatic rings. The Morgan fingerprint density at radius 1 is 1.47 bits per heavy atom. The molecule has 1 amide bonds. The van der Waals surface area contributed by atoms with Crippen LogP contribution in [0.25, 0.3) is 11.0 Å². The number of benzene rings is 1. The maximum atomic E-state index is 13.0.